The lowest BCUT2D eigenvalue weighted by molar-refractivity contribution is -0.134. The van der Waals surface area contributed by atoms with Gasteiger partial charge in [0.1, 0.15) is 18.5 Å². The molecule has 0 saturated carbocycles. The van der Waals surface area contributed by atoms with Gasteiger partial charge in [0, 0.05) is 25.8 Å². The summed E-state index contributed by atoms with van der Waals surface area (Å²) in [6.07, 6.45) is 4.99. The van der Waals surface area contributed by atoms with Crippen molar-refractivity contribution >= 4 is 34.7 Å². The molecule has 3 aliphatic heterocycles. The summed E-state index contributed by atoms with van der Waals surface area (Å²) in [6, 6.07) is 8.53. The predicted molar refractivity (Wildman–Crippen MR) is 146 cm³/mol. The molecular formula is C28H36N4O5S. The van der Waals surface area contributed by atoms with Crippen LogP contribution >= 0.6 is 11.3 Å². The highest BCUT2D eigenvalue weighted by Gasteiger charge is 2.39. The van der Waals surface area contributed by atoms with Gasteiger partial charge in [0.2, 0.25) is 5.91 Å². The molecule has 3 atom stereocenters. The topological polar surface area (TPSA) is 100 Å². The van der Waals surface area contributed by atoms with E-state index in [4.69, 9.17) is 9.47 Å². The van der Waals surface area contributed by atoms with Gasteiger partial charge in [-0.15, -0.1) is 11.3 Å². The predicted octanol–water partition coefficient (Wildman–Crippen LogP) is 3.37. The van der Waals surface area contributed by atoms with E-state index >= 15 is 0 Å². The smallest absolute Gasteiger partial charge is 0.265 e. The number of thiophene rings is 1. The first-order valence-electron chi connectivity index (χ1n) is 13.5. The van der Waals surface area contributed by atoms with E-state index in [-0.39, 0.29) is 42.6 Å². The molecule has 204 valence electrons. The van der Waals surface area contributed by atoms with Gasteiger partial charge < -0.3 is 29.9 Å². The number of carbonyl (C=O) groups excluding carboxylic acids is 3. The molecule has 2 N–H and O–H groups in total. The van der Waals surface area contributed by atoms with Crippen molar-refractivity contribution in [2.75, 3.05) is 45.2 Å². The summed E-state index contributed by atoms with van der Waals surface area (Å²) >= 11 is 1.36. The number of likely N-dealkylation sites (N-methyl/N-ethyl adjacent to an activating group) is 1. The maximum atomic E-state index is 13.4. The standard InChI is InChI=1S/C28H36N4O5S/c1-31-22-9-8-20(17-26(33)29-11-14-32-12-3-2-4-13-32)37-24(22)18-36-23-10-7-19(16-21(23)28(31)35)30-27(34)25-6-5-15-38-25/h5-7,10,15-16,20,22,24H,2-4,8-9,11-14,17-18H2,1H3,(H,29,33)(H,30,34)/t20-,22-,24+/m1/s1. The Balaban J connectivity index is 1.17. The Hall–Kier alpha value is -2.95. The lowest BCUT2D eigenvalue weighted by Crippen LogP contribution is -2.54. The molecule has 0 radical (unpaired) electrons. The number of fused-ring (bicyclic) bond motifs is 2. The maximum absolute atomic E-state index is 13.4. The molecule has 0 spiro atoms. The number of piperidine rings is 1. The quantitative estimate of drug-likeness (QED) is 0.559. The van der Waals surface area contributed by atoms with E-state index < -0.39 is 0 Å². The highest BCUT2D eigenvalue weighted by molar-refractivity contribution is 7.12. The van der Waals surface area contributed by atoms with E-state index in [1.165, 1.54) is 30.6 Å². The van der Waals surface area contributed by atoms with Gasteiger partial charge in [-0.2, -0.15) is 0 Å². The molecule has 1 aromatic heterocycles. The molecule has 1 aromatic carbocycles. The fourth-order valence-corrected chi connectivity index (χ4v) is 6.14. The zero-order valence-corrected chi connectivity index (χ0v) is 22.6. The van der Waals surface area contributed by atoms with Crippen LogP contribution in [0.1, 0.15) is 58.6 Å². The van der Waals surface area contributed by atoms with Crippen LogP contribution in [0, 0.1) is 0 Å². The van der Waals surface area contributed by atoms with Crippen molar-refractivity contribution in [3.05, 3.63) is 46.2 Å². The normalized spacial score (nSPS) is 23.9. The number of rotatable bonds is 7. The Kier molecular flexibility index (Phi) is 8.61. The highest BCUT2D eigenvalue weighted by atomic mass is 32.1. The second kappa shape index (κ2) is 12.3. The van der Waals surface area contributed by atoms with Crippen LogP contribution in [0.2, 0.25) is 0 Å². The zero-order chi connectivity index (χ0) is 26.5. The summed E-state index contributed by atoms with van der Waals surface area (Å²) in [6.45, 7) is 4.06. The molecule has 10 heteroatoms. The summed E-state index contributed by atoms with van der Waals surface area (Å²) in [5, 5.41) is 7.75. The van der Waals surface area contributed by atoms with Crippen LogP contribution in [0.4, 0.5) is 5.69 Å². The summed E-state index contributed by atoms with van der Waals surface area (Å²) in [7, 11) is 1.78. The van der Waals surface area contributed by atoms with E-state index in [9.17, 15) is 14.4 Å². The van der Waals surface area contributed by atoms with E-state index in [1.807, 2.05) is 11.4 Å². The van der Waals surface area contributed by atoms with Crippen LogP contribution in [0.3, 0.4) is 0 Å². The first-order chi connectivity index (χ1) is 18.5. The minimum atomic E-state index is -0.324. The molecule has 38 heavy (non-hydrogen) atoms. The fraction of sp³-hybridized carbons (Fsp3) is 0.536. The third-order valence-electron chi connectivity index (χ3n) is 7.63. The molecule has 0 aliphatic carbocycles. The van der Waals surface area contributed by atoms with Crippen molar-refractivity contribution in [1.29, 1.82) is 0 Å². The number of nitrogens with zero attached hydrogens (tertiary/aromatic N) is 2. The number of carbonyl (C=O) groups is 3. The number of hydrogen-bond acceptors (Lipinski definition) is 7. The molecule has 3 aliphatic rings. The van der Waals surface area contributed by atoms with Crippen LogP contribution < -0.4 is 15.4 Å². The average Bonchev–Trinajstić information content (AvgIpc) is 3.47. The fourth-order valence-electron chi connectivity index (χ4n) is 5.52. The molecule has 4 heterocycles. The summed E-state index contributed by atoms with van der Waals surface area (Å²) < 4.78 is 12.3. The zero-order valence-electron chi connectivity index (χ0n) is 21.8. The maximum Gasteiger partial charge on any atom is 0.265 e. The van der Waals surface area contributed by atoms with E-state index in [1.54, 1.807) is 36.2 Å². The van der Waals surface area contributed by atoms with Crippen molar-refractivity contribution < 1.29 is 23.9 Å². The Labute approximate surface area is 227 Å². The van der Waals surface area contributed by atoms with E-state index in [0.717, 1.165) is 26.1 Å². The highest BCUT2D eigenvalue weighted by Crippen LogP contribution is 2.32. The van der Waals surface area contributed by atoms with Crippen molar-refractivity contribution in [2.24, 2.45) is 0 Å². The lowest BCUT2D eigenvalue weighted by Gasteiger charge is -2.42. The minimum Gasteiger partial charge on any atom is -0.490 e. The summed E-state index contributed by atoms with van der Waals surface area (Å²) in [5.74, 6) is 0.0639. The van der Waals surface area contributed by atoms with Gasteiger partial charge >= 0.3 is 0 Å². The number of hydrogen-bond donors (Lipinski definition) is 2. The molecule has 0 unspecified atom stereocenters. The molecule has 2 aromatic rings. The molecule has 3 amide bonds. The number of ether oxygens (including phenoxy) is 2. The molecule has 2 saturated heterocycles. The Morgan fingerprint density at radius 3 is 2.76 bits per heavy atom. The van der Waals surface area contributed by atoms with Crippen molar-refractivity contribution in [2.45, 2.75) is 56.8 Å². The van der Waals surface area contributed by atoms with Gasteiger partial charge in [-0.1, -0.05) is 12.5 Å². The first kappa shape index (κ1) is 26.6. The van der Waals surface area contributed by atoms with Crippen molar-refractivity contribution in [3.8, 4) is 5.75 Å². The number of likely N-dealkylation sites (tertiary alicyclic amines) is 1. The third-order valence-corrected chi connectivity index (χ3v) is 8.50. The van der Waals surface area contributed by atoms with Crippen LogP contribution in [0.15, 0.2) is 35.7 Å². The number of benzene rings is 1. The lowest BCUT2D eigenvalue weighted by atomic mass is 9.94. The van der Waals surface area contributed by atoms with Gasteiger partial charge in [-0.3, -0.25) is 14.4 Å². The first-order valence-corrected chi connectivity index (χ1v) is 14.4. The minimum absolute atomic E-state index is 0.00382. The van der Waals surface area contributed by atoms with Crippen LogP contribution in [-0.4, -0.2) is 85.6 Å². The second-order valence-corrected chi connectivity index (χ2v) is 11.2. The monoisotopic (exact) mass is 540 g/mol. The van der Waals surface area contributed by atoms with Gasteiger partial charge in [0.15, 0.2) is 0 Å². The molecular weight excluding hydrogens is 504 g/mol. The molecule has 2 fully saturated rings. The van der Waals surface area contributed by atoms with E-state index in [2.05, 4.69) is 15.5 Å². The van der Waals surface area contributed by atoms with Gasteiger partial charge in [-0.25, -0.2) is 0 Å². The molecule has 9 nitrogen and oxygen atoms in total. The van der Waals surface area contributed by atoms with Gasteiger partial charge in [-0.05, 0) is 68.4 Å². The SMILES string of the molecule is CN1C(=O)c2cc(NC(=O)c3cccs3)ccc2OC[C@@H]2O[C@@H](CC(=O)NCCN3CCCCC3)CC[C@H]21. The largest absolute Gasteiger partial charge is 0.490 e. The van der Waals surface area contributed by atoms with Crippen LogP contribution in [0.25, 0.3) is 0 Å². The average molecular weight is 541 g/mol. The van der Waals surface area contributed by atoms with Crippen LogP contribution in [-0.2, 0) is 9.53 Å². The Morgan fingerprint density at radius 2 is 1.97 bits per heavy atom. The number of amides is 3. The van der Waals surface area contributed by atoms with Crippen molar-refractivity contribution in [3.63, 3.8) is 0 Å². The van der Waals surface area contributed by atoms with Crippen molar-refractivity contribution in [1.82, 2.24) is 15.1 Å². The second-order valence-electron chi connectivity index (χ2n) is 10.3. The summed E-state index contributed by atoms with van der Waals surface area (Å²) in [5.41, 5.74) is 0.945. The van der Waals surface area contributed by atoms with Crippen LogP contribution in [0.5, 0.6) is 5.75 Å². The molecule has 5 rings (SSSR count). The number of anilines is 1. The number of nitrogens with one attached hydrogen (secondary N) is 2. The third kappa shape index (κ3) is 6.36. The van der Waals surface area contributed by atoms with Gasteiger partial charge in [0.25, 0.3) is 11.8 Å². The van der Waals surface area contributed by atoms with Gasteiger partial charge in [0.05, 0.1) is 29.0 Å². The summed E-state index contributed by atoms with van der Waals surface area (Å²) in [4.78, 5) is 43.2. The van der Waals surface area contributed by atoms with E-state index in [0.29, 0.717) is 41.3 Å². The Bertz CT molecular complexity index is 1130. The Morgan fingerprint density at radius 1 is 1.13 bits per heavy atom. The molecule has 0 bridgehead atoms.